The van der Waals surface area contributed by atoms with Gasteiger partial charge >= 0.3 is 37.1 Å². The molecule has 1 aromatic rings. The van der Waals surface area contributed by atoms with Gasteiger partial charge in [0.1, 0.15) is 6.73 Å². The predicted molar refractivity (Wildman–Crippen MR) is 159 cm³/mol. The maximum absolute atomic E-state index is 13.4. The van der Waals surface area contributed by atoms with Gasteiger partial charge in [0.05, 0.1) is 78.9 Å². The minimum absolute atomic E-state index is 0. The van der Waals surface area contributed by atoms with Gasteiger partial charge in [0.25, 0.3) is 0 Å². The summed E-state index contributed by atoms with van der Waals surface area (Å²) < 4.78 is 105. The zero-order valence-electron chi connectivity index (χ0n) is 27.3. The number of carbonyl (C=O) groups excluding carboxylic acids is 2. The van der Waals surface area contributed by atoms with E-state index in [4.69, 9.17) is 44.6 Å². The number of hydrogen-bond donors (Lipinski definition) is 3. The van der Waals surface area contributed by atoms with Crippen LogP contribution in [0.5, 0.6) is 5.75 Å². The molecule has 5 N–H and O–H groups in total. The molecule has 1 amide bonds. The van der Waals surface area contributed by atoms with Gasteiger partial charge in [0.15, 0.2) is 0 Å². The maximum atomic E-state index is 13.4. The third kappa shape index (κ3) is 28.4. The van der Waals surface area contributed by atoms with Crippen LogP contribution in [0.1, 0.15) is 19.8 Å². The second-order valence-electron chi connectivity index (χ2n) is 8.36. The van der Waals surface area contributed by atoms with Crippen molar-refractivity contribution >= 4 is 11.9 Å². The Labute approximate surface area is 302 Å². The molecule has 0 aliphatic rings. The second kappa shape index (κ2) is 36.8. The number of esters is 1. The molecule has 0 heterocycles. The summed E-state index contributed by atoms with van der Waals surface area (Å²) in [6.45, 7) is 15.3. The van der Waals surface area contributed by atoms with Crippen molar-refractivity contribution in [1.82, 2.24) is 5.32 Å². The first-order valence-electron chi connectivity index (χ1n) is 14.6. The summed E-state index contributed by atoms with van der Waals surface area (Å²) in [6, 6.07) is 0. The quantitative estimate of drug-likeness (QED) is 0.0190. The van der Waals surface area contributed by atoms with Gasteiger partial charge in [-0.2, -0.15) is 8.78 Å². The Bertz CT molecular complexity index is 903. The van der Waals surface area contributed by atoms with E-state index in [1.165, 1.54) is 0 Å². The molecular formula is C29H48F5N3O10U. The maximum Gasteiger partial charge on any atom is 2.00 e. The van der Waals surface area contributed by atoms with Crippen LogP contribution in [-0.4, -0.2) is 118 Å². The normalized spacial score (nSPS) is 10.3. The molecule has 1 rings (SSSR count). The Morgan fingerprint density at radius 1 is 0.604 bits per heavy atom. The minimum atomic E-state index is -2.35. The van der Waals surface area contributed by atoms with Gasteiger partial charge in [-0.3, -0.25) is 9.59 Å². The van der Waals surface area contributed by atoms with Gasteiger partial charge in [0.2, 0.25) is 40.7 Å². The number of benzene rings is 1. The zero-order chi connectivity index (χ0) is 35.7. The van der Waals surface area contributed by atoms with Gasteiger partial charge in [0, 0.05) is 19.7 Å². The summed E-state index contributed by atoms with van der Waals surface area (Å²) in [6.07, 6.45) is -0.414. The fourth-order valence-electron chi connectivity index (χ4n) is 2.63. The Hall–Kier alpha value is -1.50. The molecule has 0 aromatic heterocycles. The molecule has 0 atom stereocenters. The van der Waals surface area contributed by atoms with Gasteiger partial charge < -0.3 is 68.5 Å². The first-order chi connectivity index (χ1) is 22.6. The molecule has 0 radical (unpaired) electrons. The molecule has 1 aromatic carbocycles. The first-order valence-corrected chi connectivity index (χ1v) is 14.6. The van der Waals surface area contributed by atoms with Gasteiger partial charge in [-0.05, 0) is 6.92 Å². The van der Waals surface area contributed by atoms with Crippen LogP contribution >= 0.6 is 0 Å². The van der Waals surface area contributed by atoms with Gasteiger partial charge in [-0.1, -0.05) is 13.2 Å². The topological polar surface area (TPSA) is 172 Å². The molecule has 0 aliphatic heterocycles. The molecule has 0 saturated carbocycles. The monoisotopic (exact) mass is 931 g/mol. The molecule has 0 spiro atoms. The first kappa shape index (κ1) is 50.9. The standard InChI is InChI=1S/C17H19F5NO6.C8H19NO3.C4H10NO.U/c1-2-26-9-23-10(24)3-5-27-7-8-28-6-4-11(25)29-17-15(21)13(19)12(18)14(20)16(17)22;1-2-10-5-6-12-8-7-11-4-3-9;1-2-6-4-3-5;/h1-9H2,(H,23,24);2-9H2,1H3;1-5H2;/q-1;;-1;+2. The molecule has 0 unspecified atom stereocenters. The molecule has 48 heavy (non-hydrogen) atoms. The Morgan fingerprint density at radius 3 is 1.48 bits per heavy atom. The number of nitrogens with one attached hydrogen (secondary N) is 1. The second-order valence-corrected chi connectivity index (χ2v) is 8.36. The summed E-state index contributed by atoms with van der Waals surface area (Å²) >= 11 is 0. The van der Waals surface area contributed by atoms with Crippen LogP contribution in [0.15, 0.2) is 0 Å². The third-order valence-electron chi connectivity index (χ3n) is 4.81. The van der Waals surface area contributed by atoms with Crippen molar-refractivity contribution < 1.29 is 101 Å². The number of nitrogens with two attached hydrogens (primary N) is 2. The largest absolute Gasteiger partial charge is 2.00 e. The number of halogens is 5. The SMILES string of the molecule is CCOCCOCCOCCN.[CH2-]COCCN.[CH2-]COCNC(=O)CCOCCOCCC(=O)Oc1c(F)c(F)c(F)c(F)c1F.[U+2]. The Balaban J connectivity index is -0.000000878. The number of rotatable bonds is 25. The average molecular weight is 932 g/mol. The smallest absolute Gasteiger partial charge is 0.420 e. The van der Waals surface area contributed by atoms with Crippen LogP contribution in [-0.2, 0) is 42.7 Å². The van der Waals surface area contributed by atoms with Crippen molar-refractivity contribution in [3.63, 3.8) is 0 Å². The van der Waals surface area contributed by atoms with Crippen molar-refractivity contribution in [1.29, 1.82) is 0 Å². The Kier molecular flexibility index (Phi) is 39.0. The third-order valence-corrected chi connectivity index (χ3v) is 4.81. The number of carbonyl (C=O) groups is 2. The average Bonchev–Trinajstić information content (AvgIpc) is 3.07. The van der Waals surface area contributed by atoms with Crippen LogP contribution in [0.2, 0.25) is 0 Å². The van der Waals surface area contributed by atoms with Crippen molar-refractivity contribution in [3.8, 4) is 5.75 Å². The minimum Gasteiger partial charge on any atom is -0.420 e. The molecule has 19 heteroatoms. The van der Waals surface area contributed by atoms with E-state index in [2.05, 4.69) is 23.9 Å². The van der Waals surface area contributed by atoms with Crippen LogP contribution < -0.4 is 21.5 Å². The van der Waals surface area contributed by atoms with Gasteiger partial charge in [-0.25, -0.2) is 13.2 Å². The fourth-order valence-corrected chi connectivity index (χ4v) is 2.63. The molecule has 0 fully saturated rings. The van der Waals surface area contributed by atoms with Crippen molar-refractivity contribution in [2.45, 2.75) is 19.8 Å². The molecule has 13 nitrogen and oxygen atoms in total. The van der Waals surface area contributed by atoms with E-state index in [-0.39, 0.29) is 83.2 Å². The van der Waals surface area contributed by atoms with Crippen LogP contribution in [0.3, 0.4) is 0 Å². The number of hydrogen-bond acceptors (Lipinski definition) is 12. The predicted octanol–water partition coefficient (Wildman–Crippen LogP) is 1.84. The fraction of sp³-hybridized carbons (Fsp3) is 0.655. The van der Waals surface area contributed by atoms with Crippen LogP contribution in [0, 0.1) is 74.0 Å². The summed E-state index contributed by atoms with van der Waals surface area (Å²) in [4.78, 5) is 22.8. The zero-order valence-corrected chi connectivity index (χ0v) is 31.4. The summed E-state index contributed by atoms with van der Waals surface area (Å²) in [5, 5.41) is 2.46. The number of ether oxygens (including phenoxy) is 8. The summed E-state index contributed by atoms with van der Waals surface area (Å²) in [5.74, 6) is -14.5. The van der Waals surface area contributed by atoms with E-state index in [9.17, 15) is 31.5 Å². The van der Waals surface area contributed by atoms with Crippen molar-refractivity contribution in [2.75, 3.05) is 106 Å². The van der Waals surface area contributed by atoms with E-state index < -0.39 is 47.2 Å². The van der Waals surface area contributed by atoms with Crippen molar-refractivity contribution in [2.24, 2.45) is 11.5 Å². The molecule has 278 valence electrons. The van der Waals surface area contributed by atoms with E-state index in [1.54, 1.807) is 0 Å². The van der Waals surface area contributed by atoms with E-state index >= 15 is 0 Å². The molecule has 0 saturated heterocycles. The van der Waals surface area contributed by atoms with Crippen LogP contribution in [0.25, 0.3) is 0 Å². The Morgan fingerprint density at radius 2 is 1.02 bits per heavy atom. The van der Waals surface area contributed by atoms with Gasteiger partial charge in [-0.15, -0.1) is 0 Å². The van der Waals surface area contributed by atoms with E-state index in [0.29, 0.717) is 59.3 Å². The molecule has 0 aliphatic carbocycles. The molecule has 0 bridgehead atoms. The number of amides is 1. The summed E-state index contributed by atoms with van der Waals surface area (Å²) in [7, 11) is 0. The van der Waals surface area contributed by atoms with Crippen LogP contribution in [0.4, 0.5) is 22.0 Å². The van der Waals surface area contributed by atoms with Crippen molar-refractivity contribution in [3.05, 3.63) is 42.9 Å². The molecular weight excluding hydrogens is 883 g/mol. The van der Waals surface area contributed by atoms with E-state index in [0.717, 1.165) is 6.61 Å². The summed E-state index contributed by atoms with van der Waals surface area (Å²) in [5.41, 5.74) is 10.3. The van der Waals surface area contributed by atoms with E-state index in [1.807, 2.05) is 6.92 Å².